The second kappa shape index (κ2) is 9.07. The van der Waals surface area contributed by atoms with Crippen molar-refractivity contribution in [1.82, 2.24) is 4.90 Å². The van der Waals surface area contributed by atoms with E-state index >= 15 is 0 Å². The van der Waals surface area contributed by atoms with Crippen LogP contribution in [0.4, 0.5) is 18.9 Å². The summed E-state index contributed by atoms with van der Waals surface area (Å²) in [4.78, 5) is 14.8. The summed E-state index contributed by atoms with van der Waals surface area (Å²) in [7, 11) is 0. The van der Waals surface area contributed by atoms with Gasteiger partial charge >= 0.3 is 6.18 Å². The van der Waals surface area contributed by atoms with Crippen molar-refractivity contribution in [3.05, 3.63) is 59.7 Å². The van der Waals surface area contributed by atoms with E-state index in [0.29, 0.717) is 24.5 Å². The molecule has 2 aromatic rings. The fraction of sp³-hybridized carbons (Fsp3) is 0.350. The molecule has 2 aromatic carbocycles. The maximum atomic E-state index is 12.5. The number of carbonyl (C=O) groups is 1. The van der Waals surface area contributed by atoms with Crippen LogP contribution in [0.25, 0.3) is 0 Å². The van der Waals surface area contributed by atoms with Crippen molar-refractivity contribution in [3.63, 3.8) is 0 Å². The topological polar surface area (TPSA) is 50.8 Å². The fourth-order valence-electron chi connectivity index (χ4n) is 2.86. The van der Waals surface area contributed by atoms with E-state index in [1.807, 2.05) is 18.2 Å². The summed E-state index contributed by atoms with van der Waals surface area (Å²) in [6.07, 6.45) is -4.42. The summed E-state index contributed by atoms with van der Waals surface area (Å²) in [5.74, 6) is -0.298. The Kier molecular flexibility index (Phi) is 6.53. The maximum Gasteiger partial charge on any atom is 0.422 e. The number of morpholine rings is 1. The monoisotopic (exact) mass is 394 g/mol. The van der Waals surface area contributed by atoms with Gasteiger partial charge in [0.2, 0.25) is 0 Å². The van der Waals surface area contributed by atoms with E-state index in [1.165, 1.54) is 18.2 Å². The van der Waals surface area contributed by atoms with Crippen LogP contribution < -0.4 is 10.1 Å². The lowest BCUT2D eigenvalue weighted by atomic mass is 10.1. The molecule has 0 atom stereocenters. The number of nitrogens with one attached hydrogen (secondary N) is 1. The van der Waals surface area contributed by atoms with E-state index in [0.717, 1.165) is 25.2 Å². The standard InChI is InChI=1S/C20H21F3N2O3/c21-20(22,23)14-28-18-6-2-5-17(12-18)24-19(26)16-4-1-3-15(11-16)13-25-7-9-27-10-8-25/h1-6,11-12H,7-10,13-14H2,(H,24,26). The molecule has 0 aromatic heterocycles. The van der Waals surface area contributed by atoms with Gasteiger partial charge in [-0.2, -0.15) is 13.2 Å². The van der Waals surface area contributed by atoms with Crippen molar-refractivity contribution >= 4 is 11.6 Å². The van der Waals surface area contributed by atoms with Crippen LogP contribution in [0.1, 0.15) is 15.9 Å². The molecule has 1 fully saturated rings. The number of hydrogen-bond donors (Lipinski definition) is 1. The van der Waals surface area contributed by atoms with E-state index in [-0.39, 0.29) is 11.7 Å². The molecule has 0 aliphatic carbocycles. The molecule has 1 aliphatic rings. The van der Waals surface area contributed by atoms with Gasteiger partial charge in [-0.05, 0) is 29.8 Å². The maximum absolute atomic E-state index is 12.5. The second-order valence-corrected chi connectivity index (χ2v) is 6.47. The van der Waals surface area contributed by atoms with Crippen LogP contribution in [-0.4, -0.2) is 49.9 Å². The molecule has 1 N–H and O–H groups in total. The van der Waals surface area contributed by atoms with Crippen molar-refractivity contribution in [2.24, 2.45) is 0 Å². The first-order chi connectivity index (χ1) is 13.4. The van der Waals surface area contributed by atoms with Gasteiger partial charge in [0.1, 0.15) is 5.75 Å². The molecule has 0 radical (unpaired) electrons. The van der Waals surface area contributed by atoms with Crippen molar-refractivity contribution in [2.45, 2.75) is 12.7 Å². The van der Waals surface area contributed by atoms with Crippen molar-refractivity contribution in [1.29, 1.82) is 0 Å². The first kappa shape index (κ1) is 20.2. The predicted molar refractivity (Wildman–Crippen MR) is 98.5 cm³/mol. The van der Waals surface area contributed by atoms with Crippen LogP contribution >= 0.6 is 0 Å². The van der Waals surface area contributed by atoms with Gasteiger partial charge in [0, 0.05) is 37.0 Å². The van der Waals surface area contributed by atoms with Gasteiger partial charge in [0.05, 0.1) is 13.2 Å². The molecule has 0 unspecified atom stereocenters. The van der Waals surface area contributed by atoms with Gasteiger partial charge in [-0.1, -0.05) is 18.2 Å². The molecule has 1 aliphatic heterocycles. The van der Waals surface area contributed by atoms with Crippen molar-refractivity contribution in [3.8, 4) is 5.75 Å². The minimum absolute atomic E-state index is 0.0381. The van der Waals surface area contributed by atoms with E-state index in [2.05, 4.69) is 10.2 Å². The van der Waals surface area contributed by atoms with E-state index < -0.39 is 12.8 Å². The van der Waals surface area contributed by atoms with Crippen LogP contribution in [-0.2, 0) is 11.3 Å². The number of anilines is 1. The highest BCUT2D eigenvalue weighted by atomic mass is 19.4. The summed E-state index contributed by atoms with van der Waals surface area (Å²) in [6.45, 7) is 2.45. The Hall–Kier alpha value is -2.58. The highest BCUT2D eigenvalue weighted by Crippen LogP contribution is 2.22. The molecule has 3 rings (SSSR count). The van der Waals surface area contributed by atoms with Crippen LogP contribution in [0.2, 0.25) is 0 Å². The lowest BCUT2D eigenvalue weighted by Gasteiger charge is -2.26. The molecule has 0 spiro atoms. The number of ether oxygens (including phenoxy) is 2. The van der Waals surface area contributed by atoms with Gasteiger partial charge in [-0.25, -0.2) is 0 Å². The molecule has 1 saturated heterocycles. The average molecular weight is 394 g/mol. The van der Waals surface area contributed by atoms with Gasteiger partial charge in [0.15, 0.2) is 6.61 Å². The van der Waals surface area contributed by atoms with Gasteiger partial charge in [-0.15, -0.1) is 0 Å². The molecule has 0 saturated carbocycles. The lowest BCUT2D eigenvalue weighted by molar-refractivity contribution is -0.153. The third-order valence-corrected chi connectivity index (χ3v) is 4.19. The van der Waals surface area contributed by atoms with Crippen LogP contribution in [0.3, 0.4) is 0 Å². The zero-order chi connectivity index (χ0) is 20.0. The first-order valence-electron chi connectivity index (χ1n) is 8.89. The number of alkyl halides is 3. The summed E-state index contributed by atoms with van der Waals surface area (Å²) >= 11 is 0. The zero-order valence-electron chi connectivity index (χ0n) is 15.2. The summed E-state index contributed by atoms with van der Waals surface area (Å²) < 4.78 is 46.9. The van der Waals surface area contributed by atoms with Gasteiger partial charge in [-0.3, -0.25) is 9.69 Å². The molecule has 5 nitrogen and oxygen atoms in total. The normalized spacial score (nSPS) is 15.2. The predicted octanol–water partition coefficient (Wildman–Crippen LogP) is 3.71. The van der Waals surface area contributed by atoms with Crippen LogP contribution in [0.5, 0.6) is 5.75 Å². The van der Waals surface area contributed by atoms with Gasteiger partial charge < -0.3 is 14.8 Å². The highest BCUT2D eigenvalue weighted by molar-refractivity contribution is 6.04. The SMILES string of the molecule is O=C(Nc1cccc(OCC(F)(F)F)c1)c1cccc(CN2CCOCC2)c1. The number of hydrogen-bond acceptors (Lipinski definition) is 4. The molecular formula is C20H21F3N2O3. The quantitative estimate of drug-likeness (QED) is 0.812. The van der Waals surface area contributed by atoms with E-state index in [1.54, 1.807) is 12.1 Å². The summed E-state index contributed by atoms with van der Waals surface area (Å²) in [5.41, 5.74) is 1.85. The molecule has 0 bridgehead atoms. The number of amides is 1. The summed E-state index contributed by atoms with van der Waals surface area (Å²) in [6, 6.07) is 13.2. The van der Waals surface area contributed by atoms with Crippen molar-refractivity contribution in [2.75, 3.05) is 38.2 Å². The van der Waals surface area contributed by atoms with Gasteiger partial charge in [0.25, 0.3) is 5.91 Å². The van der Waals surface area contributed by atoms with Crippen molar-refractivity contribution < 1.29 is 27.4 Å². The Morgan fingerprint density at radius 1 is 1.11 bits per heavy atom. The minimum atomic E-state index is -4.42. The second-order valence-electron chi connectivity index (χ2n) is 6.47. The Labute approximate surface area is 161 Å². The average Bonchev–Trinajstić information content (AvgIpc) is 2.67. The molecule has 1 amide bonds. The third kappa shape index (κ3) is 6.24. The molecule has 8 heteroatoms. The molecule has 150 valence electrons. The molecule has 28 heavy (non-hydrogen) atoms. The molecular weight excluding hydrogens is 373 g/mol. The first-order valence-corrected chi connectivity index (χ1v) is 8.89. The van der Waals surface area contributed by atoms with Crippen LogP contribution in [0, 0.1) is 0 Å². The Bertz CT molecular complexity index is 805. The number of rotatable bonds is 6. The highest BCUT2D eigenvalue weighted by Gasteiger charge is 2.28. The molecule has 1 heterocycles. The number of benzene rings is 2. The third-order valence-electron chi connectivity index (χ3n) is 4.19. The number of halogens is 3. The summed E-state index contributed by atoms with van der Waals surface area (Å²) in [5, 5.41) is 2.69. The van der Waals surface area contributed by atoms with E-state index in [9.17, 15) is 18.0 Å². The Morgan fingerprint density at radius 3 is 2.61 bits per heavy atom. The number of nitrogens with zero attached hydrogens (tertiary/aromatic N) is 1. The Morgan fingerprint density at radius 2 is 1.86 bits per heavy atom. The largest absolute Gasteiger partial charge is 0.484 e. The van der Waals surface area contributed by atoms with E-state index in [4.69, 9.17) is 9.47 Å². The fourth-order valence-corrected chi connectivity index (χ4v) is 2.86. The van der Waals surface area contributed by atoms with Crippen LogP contribution in [0.15, 0.2) is 48.5 Å². The zero-order valence-corrected chi connectivity index (χ0v) is 15.2. The smallest absolute Gasteiger partial charge is 0.422 e. The lowest BCUT2D eigenvalue weighted by Crippen LogP contribution is -2.35. The number of carbonyl (C=O) groups excluding carboxylic acids is 1. The minimum Gasteiger partial charge on any atom is -0.484 e. The Balaban J connectivity index is 1.62.